The van der Waals surface area contributed by atoms with E-state index >= 15 is 0 Å². The van der Waals surface area contributed by atoms with Crippen LogP contribution in [0.1, 0.15) is 16.7 Å². The first-order valence-electron chi connectivity index (χ1n) is 4.28. The fraction of sp³-hybridized carbons (Fsp3) is 0.364. The highest BCUT2D eigenvalue weighted by Crippen LogP contribution is 2.14. The lowest BCUT2D eigenvalue weighted by molar-refractivity contribution is -0.115. The normalized spacial score (nSPS) is 10.1. The molecule has 0 spiro atoms. The summed E-state index contributed by atoms with van der Waals surface area (Å²) in [5.41, 5.74) is 3.58. The lowest BCUT2D eigenvalue weighted by Gasteiger charge is -2.07. The highest BCUT2D eigenvalue weighted by Gasteiger charge is 2.06. The second-order valence-corrected chi connectivity index (χ2v) is 3.78. The number of Topliss-reactive ketones (excluding diaryl/α,β-unsaturated/α-hetero) is 1. The first kappa shape index (κ1) is 10.5. The molecule has 0 aliphatic rings. The lowest BCUT2D eigenvalue weighted by atomic mass is 9.99. The summed E-state index contributed by atoms with van der Waals surface area (Å²) in [6.45, 7) is 4.09. The molecule has 1 rings (SSSR count). The van der Waals surface area contributed by atoms with Crippen molar-refractivity contribution in [3.8, 4) is 0 Å². The molecule has 0 radical (unpaired) electrons. The number of halogens is 1. The summed E-state index contributed by atoms with van der Waals surface area (Å²) >= 11 is 3.17. The molecule has 1 aromatic rings. The number of aryl methyl sites for hydroxylation is 2. The first-order chi connectivity index (χ1) is 6.15. The summed E-state index contributed by atoms with van der Waals surface area (Å²) in [5, 5.41) is 0.445. The number of carbonyl (C=O) groups excluding carboxylic acids is 1. The topological polar surface area (TPSA) is 17.1 Å². The average Bonchev–Trinajstić information content (AvgIpc) is 2.11. The molecule has 0 aliphatic carbocycles. The average molecular weight is 241 g/mol. The maximum Gasteiger partial charge on any atom is 0.147 e. The molecule has 0 heterocycles. The van der Waals surface area contributed by atoms with Gasteiger partial charge in [-0.05, 0) is 30.5 Å². The molecule has 1 nitrogen and oxygen atoms in total. The molecule has 0 aliphatic heterocycles. The van der Waals surface area contributed by atoms with E-state index in [-0.39, 0.29) is 5.78 Å². The fourth-order valence-corrected chi connectivity index (χ4v) is 1.57. The van der Waals surface area contributed by atoms with Gasteiger partial charge < -0.3 is 0 Å². The first-order valence-corrected chi connectivity index (χ1v) is 5.40. The Balaban J connectivity index is 2.93. The Hall–Kier alpha value is -0.630. The van der Waals surface area contributed by atoms with Crippen molar-refractivity contribution in [3.63, 3.8) is 0 Å². The molecule has 1 aromatic carbocycles. The number of ketones is 1. The Morgan fingerprint density at radius 3 is 2.31 bits per heavy atom. The van der Waals surface area contributed by atoms with Gasteiger partial charge in [-0.25, -0.2) is 0 Å². The Morgan fingerprint density at radius 2 is 1.85 bits per heavy atom. The zero-order valence-electron chi connectivity index (χ0n) is 7.93. The van der Waals surface area contributed by atoms with Crippen LogP contribution in [0.2, 0.25) is 0 Å². The third-order valence-corrected chi connectivity index (χ3v) is 2.79. The molecule has 0 bridgehead atoms. The van der Waals surface area contributed by atoms with Gasteiger partial charge in [-0.3, -0.25) is 4.79 Å². The van der Waals surface area contributed by atoms with Crippen molar-refractivity contribution in [2.75, 3.05) is 5.33 Å². The van der Waals surface area contributed by atoms with E-state index in [2.05, 4.69) is 15.9 Å². The minimum Gasteiger partial charge on any atom is -0.298 e. The SMILES string of the molecule is Cc1cccc(C)c1CC(=O)CBr. The Labute approximate surface area is 87.3 Å². The van der Waals surface area contributed by atoms with Crippen LogP contribution in [-0.4, -0.2) is 11.1 Å². The minimum absolute atomic E-state index is 0.234. The van der Waals surface area contributed by atoms with Crippen molar-refractivity contribution < 1.29 is 4.79 Å². The van der Waals surface area contributed by atoms with Gasteiger partial charge in [0, 0.05) is 6.42 Å². The van der Waals surface area contributed by atoms with Gasteiger partial charge in [-0.15, -0.1) is 0 Å². The Morgan fingerprint density at radius 1 is 1.31 bits per heavy atom. The van der Waals surface area contributed by atoms with E-state index in [1.54, 1.807) is 0 Å². The number of rotatable bonds is 3. The number of hydrogen-bond acceptors (Lipinski definition) is 1. The van der Waals surface area contributed by atoms with Crippen molar-refractivity contribution >= 4 is 21.7 Å². The van der Waals surface area contributed by atoms with Crippen LogP contribution in [-0.2, 0) is 11.2 Å². The zero-order chi connectivity index (χ0) is 9.84. The predicted octanol–water partition coefficient (Wildman–Crippen LogP) is 2.81. The maximum atomic E-state index is 11.2. The van der Waals surface area contributed by atoms with E-state index < -0.39 is 0 Å². The second kappa shape index (κ2) is 4.56. The standard InChI is InChI=1S/C11H13BrO/c1-8-4-3-5-9(2)11(8)6-10(13)7-12/h3-5H,6-7H2,1-2H3. The summed E-state index contributed by atoms with van der Waals surface area (Å²) in [7, 11) is 0. The van der Waals surface area contributed by atoms with Crippen LogP contribution in [0.15, 0.2) is 18.2 Å². The van der Waals surface area contributed by atoms with Gasteiger partial charge in [-0.1, -0.05) is 34.1 Å². The number of hydrogen-bond donors (Lipinski definition) is 0. The minimum atomic E-state index is 0.234. The van der Waals surface area contributed by atoms with Gasteiger partial charge in [0.05, 0.1) is 5.33 Å². The molecule has 0 amide bonds. The smallest absolute Gasteiger partial charge is 0.147 e. The van der Waals surface area contributed by atoms with E-state index in [0.717, 1.165) is 0 Å². The number of benzene rings is 1. The highest BCUT2D eigenvalue weighted by atomic mass is 79.9. The Bertz CT molecular complexity index is 298. The van der Waals surface area contributed by atoms with E-state index in [1.807, 2.05) is 32.0 Å². The molecule has 0 unspecified atom stereocenters. The molecule has 0 N–H and O–H groups in total. The zero-order valence-corrected chi connectivity index (χ0v) is 9.52. The summed E-state index contributed by atoms with van der Waals surface area (Å²) in [5.74, 6) is 0.234. The van der Waals surface area contributed by atoms with Crippen molar-refractivity contribution in [2.45, 2.75) is 20.3 Å². The summed E-state index contributed by atoms with van der Waals surface area (Å²) < 4.78 is 0. The van der Waals surface area contributed by atoms with Crippen LogP contribution in [0.4, 0.5) is 0 Å². The molecular formula is C11H13BrO. The van der Waals surface area contributed by atoms with Gasteiger partial charge in [0.2, 0.25) is 0 Å². The van der Waals surface area contributed by atoms with Crippen molar-refractivity contribution in [1.82, 2.24) is 0 Å². The van der Waals surface area contributed by atoms with Crippen LogP contribution >= 0.6 is 15.9 Å². The van der Waals surface area contributed by atoms with Crippen molar-refractivity contribution in [2.24, 2.45) is 0 Å². The van der Waals surface area contributed by atoms with Gasteiger partial charge in [0.15, 0.2) is 0 Å². The molecule has 0 saturated carbocycles. The van der Waals surface area contributed by atoms with Gasteiger partial charge in [0.25, 0.3) is 0 Å². The summed E-state index contributed by atoms with van der Waals surface area (Å²) in [6.07, 6.45) is 0.545. The second-order valence-electron chi connectivity index (χ2n) is 3.22. The molecular weight excluding hydrogens is 228 g/mol. The summed E-state index contributed by atoms with van der Waals surface area (Å²) in [6, 6.07) is 6.11. The maximum absolute atomic E-state index is 11.2. The van der Waals surface area contributed by atoms with Crippen LogP contribution < -0.4 is 0 Å². The molecule has 0 fully saturated rings. The molecule has 0 saturated heterocycles. The van der Waals surface area contributed by atoms with Gasteiger partial charge in [-0.2, -0.15) is 0 Å². The van der Waals surface area contributed by atoms with E-state index in [4.69, 9.17) is 0 Å². The van der Waals surface area contributed by atoms with E-state index in [9.17, 15) is 4.79 Å². The predicted molar refractivity (Wildman–Crippen MR) is 58.4 cm³/mol. The molecule has 0 aromatic heterocycles. The highest BCUT2D eigenvalue weighted by molar-refractivity contribution is 9.09. The monoisotopic (exact) mass is 240 g/mol. The van der Waals surface area contributed by atoms with Gasteiger partial charge in [0.1, 0.15) is 5.78 Å². The fourth-order valence-electron chi connectivity index (χ4n) is 1.37. The van der Waals surface area contributed by atoms with Gasteiger partial charge >= 0.3 is 0 Å². The molecule has 13 heavy (non-hydrogen) atoms. The summed E-state index contributed by atoms with van der Waals surface area (Å²) in [4.78, 5) is 11.2. The third-order valence-electron chi connectivity index (χ3n) is 2.17. The van der Waals surface area contributed by atoms with Crippen molar-refractivity contribution in [1.29, 1.82) is 0 Å². The number of alkyl halides is 1. The van der Waals surface area contributed by atoms with E-state index in [0.29, 0.717) is 11.8 Å². The van der Waals surface area contributed by atoms with Crippen LogP contribution in [0.3, 0.4) is 0 Å². The largest absolute Gasteiger partial charge is 0.298 e. The lowest BCUT2D eigenvalue weighted by Crippen LogP contribution is -2.06. The van der Waals surface area contributed by atoms with Crippen molar-refractivity contribution in [3.05, 3.63) is 34.9 Å². The third kappa shape index (κ3) is 2.66. The Kier molecular flexibility index (Phi) is 3.67. The molecule has 0 atom stereocenters. The van der Waals surface area contributed by atoms with Crippen LogP contribution in [0, 0.1) is 13.8 Å². The molecule has 2 heteroatoms. The quantitative estimate of drug-likeness (QED) is 0.743. The molecule has 70 valence electrons. The number of carbonyl (C=O) groups is 1. The van der Waals surface area contributed by atoms with Crippen LogP contribution in [0.5, 0.6) is 0 Å². The van der Waals surface area contributed by atoms with Crippen LogP contribution in [0.25, 0.3) is 0 Å². The van der Waals surface area contributed by atoms with E-state index in [1.165, 1.54) is 16.7 Å².